The highest BCUT2D eigenvalue weighted by molar-refractivity contribution is 6.33. The maximum atomic E-state index is 13.5. The summed E-state index contributed by atoms with van der Waals surface area (Å²) < 4.78 is 28.2. The van der Waals surface area contributed by atoms with Gasteiger partial charge in [-0.2, -0.15) is 5.10 Å². The van der Waals surface area contributed by atoms with Crippen LogP contribution in [0, 0.1) is 18.6 Å². The predicted molar refractivity (Wildman–Crippen MR) is 127 cm³/mol. The average molecular weight is 488 g/mol. The Hall–Kier alpha value is -2.81. The summed E-state index contributed by atoms with van der Waals surface area (Å²) >= 11 is 6.51. The van der Waals surface area contributed by atoms with Crippen LogP contribution >= 0.6 is 11.6 Å². The van der Waals surface area contributed by atoms with Gasteiger partial charge >= 0.3 is 0 Å². The van der Waals surface area contributed by atoms with Crippen LogP contribution in [0.3, 0.4) is 0 Å². The Morgan fingerprint density at radius 3 is 2.68 bits per heavy atom. The number of aryl methyl sites for hydroxylation is 1. The molecule has 34 heavy (non-hydrogen) atoms. The lowest BCUT2D eigenvalue weighted by atomic mass is 9.99. The van der Waals surface area contributed by atoms with Crippen molar-refractivity contribution < 1.29 is 13.6 Å². The molecule has 180 valence electrons. The number of benzene rings is 2. The van der Waals surface area contributed by atoms with E-state index in [1.165, 1.54) is 18.2 Å². The molecular weight excluding hydrogens is 460 g/mol. The third-order valence-corrected chi connectivity index (χ3v) is 6.53. The normalized spacial score (nSPS) is 17.8. The van der Waals surface area contributed by atoms with Crippen LogP contribution in [0.25, 0.3) is 0 Å². The van der Waals surface area contributed by atoms with Crippen LogP contribution in [0.5, 0.6) is 0 Å². The van der Waals surface area contributed by atoms with E-state index in [0.29, 0.717) is 24.3 Å². The minimum Gasteiger partial charge on any atom is -0.342 e. The summed E-state index contributed by atoms with van der Waals surface area (Å²) in [5, 5.41) is 4.69. The van der Waals surface area contributed by atoms with E-state index in [9.17, 15) is 13.6 Å². The molecule has 6 nitrogen and oxygen atoms in total. The van der Waals surface area contributed by atoms with Gasteiger partial charge < -0.3 is 4.90 Å². The molecule has 1 aliphatic rings. The zero-order valence-electron chi connectivity index (χ0n) is 19.2. The van der Waals surface area contributed by atoms with Crippen LogP contribution in [0.4, 0.5) is 8.78 Å². The van der Waals surface area contributed by atoms with E-state index >= 15 is 0 Å². The second-order valence-electron chi connectivity index (χ2n) is 8.73. The molecule has 2 unspecified atom stereocenters. The molecule has 0 saturated carbocycles. The number of carbonyl (C=O) groups is 1. The van der Waals surface area contributed by atoms with Crippen LogP contribution in [0.15, 0.2) is 48.5 Å². The van der Waals surface area contributed by atoms with Gasteiger partial charge in [0.1, 0.15) is 16.8 Å². The zero-order valence-corrected chi connectivity index (χ0v) is 19.9. The number of hydrogen-bond acceptors (Lipinski definition) is 4. The van der Waals surface area contributed by atoms with Crippen molar-refractivity contribution in [2.75, 3.05) is 13.6 Å². The average Bonchev–Trinajstić information content (AvgIpc) is 3.39. The largest absolute Gasteiger partial charge is 0.342 e. The summed E-state index contributed by atoms with van der Waals surface area (Å²) in [5.41, 5.74) is 9.21. The molecule has 0 aliphatic carbocycles. The second-order valence-corrected chi connectivity index (χ2v) is 9.09. The number of nitrogens with zero attached hydrogens (tertiary/aromatic N) is 3. The first-order valence-electron chi connectivity index (χ1n) is 11.3. The Bertz CT molecular complexity index is 1150. The van der Waals surface area contributed by atoms with Gasteiger partial charge in [-0.25, -0.2) is 13.5 Å². The lowest BCUT2D eigenvalue weighted by Crippen LogP contribution is -2.32. The molecule has 0 bridgehead atoms. The first-order valence-corrected chi connectivity index (χ1v) is 11.7. The standard InChI is InChI=1S/C25H28ClF2N5O/c1-16-23(24(26)33(31-16)15-17-8-10-19(27)11-9-17)25(34)32(2)12-4-7-21-14-22(30-29-21)18-5-3-6-20(28)13-18/h3,5-6,8-11,13,21-22,29-30H,4,7,12,14-15H2,1-2H3. The molecule has 9 heteroatoms. The van der Waals surface area contributed by atoms with Crippen molar-refractivity contribution in [2.24, 2.45) is 0 Å². The maximum absolute atomic E-state index is 13.5. The van der Waals surface area contributed by atoms with Crippen molar-refractivity contribution in [3.05, 3.63) is 87.7 Å². The topological polar surface area (TPSA) is 62.2 Å². The summed E-state index contributed by atoms with van der Waals surface area (Å²) in [5.74, 6) is -0.724. The third-order valence-electron chi connectivity index (χ3n) is 6.15. The van der Waals surface area contributed by atoms with Crippen molar-refractivity contribution in [1.82, 2.24) is 25.5 Å². The smallest absolute Gasteiger partial charge is 0.258 e. The maximum Gasteiger partial charge on any atom is 0.258 e. The quantitative estimate of drug-likeness (QED) is 0.486. The Kier molecular flexibility index (Phi) is 7.60. The van der Waals surface area contributed by atoms with Gasteiger partial charge in [0.15, 0.2) is 0 Å². The fourth-order valence-electron chi connectivity index (χ4n) is 4.28. The molecule has 2 atom stereocenters. The molecule has 1 amide bonds. The van der Waals surface area contributed by atoms with Gasteiger partial charge in [-0.15, -0.1) is 0 Å². The second kappa shape index (κ2) is 10.6. The summed E-state index contributed by atoms with van der Waals surface area (Å²) in [6, 6.07) is 13.0. The number of rotatable bonds is 8. The van der Waals surface area contributed by atoms with E-state index in [1.54, 1.807) is 47.8 Å². The van der Waals surface area contributed by atoms with Crippen molar-refractivity contribution in [1.29, 1.82) is 0 Å². The van der Waals surface area contributed by atoms with Crippen molar-refractivity contribution in [2.45, 2.75) is 44.8 Å². The van der Waals surface area contributed by atoms with E-state index in [1.807, 2.05) is 6.07 Å². The van der Waals surface area contributed by atoms with Gasteiger partial charge in [-0.05, 0) is 61.6 Å². The highest BCUT2D eigenvalue weighted by Gasteiger charge is 2.26. The fraction of sp³-hybridized carbons (Fsp3) is 0.360. The summed E-state index contributed by atoms with van der Waals surface area (Å²) in [4.78, 5) is 14.7. The monoisotopic (exact) mass is 487 g/mol. The van der Waals surface area contributed by atoms with E-state index in [4.69, 9.17) is 11.6 Å². The van der Waals surface area contributed by atoms with Crippen LogP contribution in [0.2, 0.25) is 5.15 Å². The van der Waals surface area contributed by atoms with Crippen LogP contribution in [-0.2, 0) is 6.54 Å². The highest BCUT2D eigenvalue weighted by atomic mass is 35.5. The first kappa shape index (κ1) is 24.3. The van der Waals surface area contributed by atoms with Crippen LogP contribution in [-0.4, -0.2) is 40.2 Å². The molecule has 2 aromatic carbocycles. The minimum absolute atomic E-state index is 0.0634. The van der Waals surface area contributed by atoms with Gasteiger partial charge in [-0.3, -0.25) is 15.6 Å². The van der Waals surface area contributed by atoms with Crippen molar-refractivity contribution in [3.63, 3.8) is 0 Å². The number of halogens is 3. The van der Waals surface area contributed by atoms with Crippen molar-refractivity contribution in [3.8, 4) is 0 Å². The summed E-state index contributed by atoms with van der Waals surface area (Å²) in [6.45, 7) is 2.68. The van der Waals surface area contributed by atoms with E-state index in [0.717, 1.165) is 30.4 Å². The summed E-state index contributed by atoms with van der Waals surface area (Å²) in [6.07, 6.45) is 2.52. The fourth-order valence-corrected chi connectivity index (χ4v) is 4.60. The lowest BCUT2D eigenvalue weighted by Gasteiger charge is -2.18. The number of hydrazine groups is 1. The molecule has 2 heterocycles. The Labute approximate surface area is 202 Å². The molecule has 1 fully saturated rings. The molecule has 1 aromatic heterocycles. The highest BCUT2D eigenvalue weighted by Crippen LogP contribution is 2.25. The number of amides is 1. The first-order chi connectivity index (χ1) is 16.3. The third kappa shape index (κ3) is 5.63. The minimum atomic E-state index is -0.308. The number of hydrogen-bond donors (Lipinski definition) is 2. The molecule has 0 spiro atoms. The van der Waals surface area contributed by atoms with Crippen molar-refractivity contribution >= 4 is 17.5 Å². The Morgan fingerprint density at radius 2 is 1.94 bits per heavy atom. The van der Waals surface area contributed by atoms with Crippen LogP contribution in [0.1, 0.15) is 52.5 Å². The van der Waals surface area contributed by atoms with Gasteiger partial charge in [-0.1, -0.05) is 35.9 Å². The zero-order chi connectivity index (χ0) is 24.2. The van der Waals surface area contributed by atoms with Gasteiger partial charge in [0, 0.05) is 25.7 Å². The van der Waals surface area contributed by atoms with E-state index < -0.39 is 0 Å². The van der Waals surface area contributed by atoms with Crippen LogP contribution < -0.4 is 10.9 Å². The van der Waals surface area contributed by atoms with Gasteiger partial charge in [0.25, 0.3) is 5.91 Å². The molecule has 0 radical (unpaired) electrons. The molecule has 3 aromatic rings. The molecule has 2 N–H and O–H groups in total. The molecule has 4 rings (SSSR count). The molecular formula is C25H28ClF2N5O. The Balaban J connectivity index is 1.30. The number of aromatic nitrogens is 2. The SMILES string of the molecule is Cc1nn(Cc2ccc(F)cc2)c(Cl)c1C(=O)N(C)CCCC1CC(c2cccc(F)c2)NN1. The number of carbonyl (C=O) groups excluding carboxylic acids is 1. The lowest BCUT2D eigenvalue weighted by molar-refractivity contribution is 0.0791. The van der Waals surface area contributed by atoms with Gasteiger partial charge in [0.2, 0.25) is 0 Å². The molecule has 1 saturated heterocycles. The van der Waals surface area contributed by atoms with E-state index in [-0.39, 0.29) is 34.8 Å². The van der Waals surface area contributed by atoms with E-state index in [2.05, 4.69) is 16.0 Å². The number of nitrogens with one attached hydrogen (secondary N) is 2. The predicted octanol–water partition coefficient (Wildman–Crippen LogP) is 4.63. The Morgan fingerprint density at radius 1 is 1.18 bits per heavy atom. The van der Waals surface area contributed by atoms with Gasteiger partial charge in [0.05, 0.1) is 17.8 Å². The summed E-state index contributed by atoms with van der Waals surface area (Å²) in [7, 11) is 1.76. The molecule has 1 aliphatic heterocycles.